The van der Waals surface area contributed by atoms with Gasteiger partial charge in [0.05, 0.1) is 12.2 Å². The van der Waals surface area contributed by atoms with Crippen LogP contribution < -0.4 is 10.5 Å². The fraction of sp³-hybridized carbons (Fsp3) is 0.364. The van der Waals surface area contributed by atoms with Crippen molar-refractivity contribution in [1.82, 2.24) is 4.90 Å². The Balaban J connectivity index is 1.79. The Morgan fingerprint density at radius 2 is 2.03 bits per heavy atom. The van der Waals surface area contributed by atoms with Crippen LogP contribution in [0.2, 0.25) is 5.02 Å². The van der Waals surface area contributed by atoms with Crippen LogP contribution in [0, 0.1) is 12.3 Å². The lowest BCUT2D eigenvalue weighted by molar-refractivity contribution is -0.122. The van der Waals surface area contributed by atoms with Gasteiger partial charge in [-0.1, -0.05) is 23.7 Å². The van der Waals surface area contributed by atoms with Gasteiger partial charge in [0.25, 0.3) is 5.91 Å². The van der Waals surface area contributed by atoms with Crippen molar-refractivity contribution in [3.63, 3.8) is 0 Å². The molecule has 7 heteroatoms. The van der Waals surface area contributed by atoms with Crippen LogP contribution in [0.3, 0.4) is 0 Å². The number of rotatable bonds is 6. The molecule has 0 saturated carbocycles. The molecular formula is C22H24BrClN2O3. The summed E-state index contributed by atoms with van der Waals surface area (Å²) in [6, 6.07) is 12.8. The Morgan fingerprint density at radius 3 is 2.72 bits per heavy atom. The maximum absolute atomic E-state index is 13.1. The average Bonchev–Trinajstić information content (AvgIpc) is 2.68. The number of likely N-dealkylation sites (tertiary alicyclic amines) is 1. The molecule has 0 aliphatic carbocycles. The molecule has 0 unspecified atom stereocenters. The van der Waals surface area contributed by atoms with Crippen LogP contribution in [0.25, 0.3) is 0 Å². The van der Waals surface area contributed by atoms with Gasteiger partial charge < -0.3 is 15.4 Å². The summed E-state index contributed by atoms with van der Waals surface area (Å²) in [6.45, 7) is 3.27. The zero-order chi connectivity index (χ0) is 21.0. The minimum atomic E-state index is -0.519. The van der Waals surface area contributed by atoms with Crippen molar-refractivity contribution in [3.8, 4) is 5.75 Å². The van der Waals surface area contributed by atoms with Crippen LogP contribution in [-0.4, -0.2) is 36.4 Å². The van der Waals surface area contributed by atoms with E-state index < -0.39 is 11.3 Å². The van der Waals surface area contributed by atoms with Crippen molar-refractivity contribution < 1.29 is 14.3 Å². The molecule has 0 bridgehead atoms. The quantitative estimate of drug-likeness (QED) is 0.659. The van der Waals surface area contributed by atoms with Gasteiger partial charge >= 0.3 is 0 Å². The predicted octanol–water partition coefficient (Wildman–Crippen LogP) is 4.59. The molecule has 1 saturated heterocycles. The van der Waals surface area contributed by atoms with Crippen LogP contribution in [0.15, 0.2) is 46.9 Å². The molecule has 0 spiro atoms. The van der Waals surface area contributed by atoms with Crippen molar-refractivity contribution in [3.05, 3.63) is 63.1 Å². The third-order valence-corrected chi connectivity index (χ3v) is 6.39. The molecule has 2 aromatic carbocycles. The summed E-state index contributed by atoms with van der Waals surface area (Å²) in [4.78, 5) is 26.7. The molecule has 1 fully saturated rings. The Kier molecular flexibility index (Phi) is 6.85. The lowest BCUT2D eigenvalue weighted by Crippen LogP contribution is -2.50. The van der Waals surface area contributed by atoms with Crippen LogP contribution >= 0.6 is 27.5 Å². The predicted molar refractivity (Wildman–Crippen MR) is 117 cm³/mol. The number of nitrogens with zero attached hydrogens (tertiary/aromatic N) is 1. The van der Waals surface area contributed by atoms with E-state index in [9.17, 15) is 9.59 Å². The smallest absolute Gasteiger partial charge is 0.255 e. The number of hydrogen-bond acceptors (Lipinski definition) is 3. The molecule has 0 radical (unpaired) electrons. The van der Waals surface area contributed by atoms with E-state index in [1.165, 1.54) is 0 Å². The standard InChI is InChI=1S/C22H24BrClN2O3/c1-15-11-16(7-8-19(15)24)29-14-22(12-20(25)27)9-4-10-26(13-22)21(28)17-5-2-3-6-18(17)23/h2-3,5-8,11H,4,9-10,12-14H2,1H3,(H2,25,27)/t22-/m0/s1. The number of hydrogen-bond donors (Lipinski definition) is 1. The minimum Gasteiger partial charge on any atom is -0.493 e. The summed E-state index contributed by atoms with van der Waals surface area (Å²) in [7, 11) is 0. The van der Waals surface area contributed by atoms with E-state index in [2.05, 4.69) is 15.9 Å². The Hall–Kier alpha value is -2.05. The van der Waals surface area contributed by atoms with Gasteiger partial charge in [-0.2, -0.15) is 0 Å². The topological polar surface area (TPSA) is 72.6 Å². The van der Waals surface area contributed by atoms with Gasteiger partial charge in [-0.15, -0.1) is 0 Å². The summed E-state index contributed by atoms with van der Waals surface area (Å²) >= 11 is 9.54. The van der Waals surface area contributed by atoms with Crippen molar-refractivity contribution in [2.24, 2.45) is 11.1 Å². The number of halogens is 2. The third-order valence-electron chi connectivity index (χ3n) is 5.28. The Bertz CT molecular complexity index is 921. The van der Waals surface area contributed by atoms with Crippen molar-refractivity contribution in [2.75, 3.05) is 19.7 Å². The molecule has 1 aliphatic rings. The van der Waals surface area contributed by atoms with Gasteiger partial charge in [-0.25, -0.2) is 0 Å². The second kappa shape index (κ2) is 9.18. The number of ether oxygens (including phenoxy) is 1. The van der Waals surface area contributed by atoms with E-state index in [1.807, 2.05) is 31.2 Å². The zero-order valence-corrected chi connectivity index (χ0v) is 18.6. The fourth-order valence-corrected chi connectivity index (χ4v) is 4.38. The van der Waals surface area contributed by atoms with Gasteiger partial charge in [0.2, 0.25) is 5.91 Å². The molecule has 1 aliphatic heterocycles. The molecule has 5 nitrogen and oxygen atoms in total. The first kappa shape index (κ1) is 21.7. The van der Waals surface area contributed by atoms with E-state index in [-0.39, 0.29) is 12.3 Å². The first-order valence-electron chi connectivity index (χ1n) is 9.51. The van der Waals surface area contributed by atoms with Crippen molar-refractivity contribution in [1.29, 1.82) is 0 Å². The van der Waals surface area contributed by atoms with Gasteiger partial charge in [0.15, 0.2) is 0 Å². The normalized spacial score (nSPS) is 19.1. The maximum atomic E-state index is 13.1. The number of piperidine rings is 1. The Labute approximate surface area is 184 Å². The lowest BCUT2D eigenvalue weighted by Gasteiger charge is -2.42. The highest BCUT2D eigenvalue weighted by atomic mass is 79.9. The molecule has 29 heavy (non-hydrogen) atoms. The molecular weight excluding hydrogens is 456 g/mol. The SMILES string of the molecule is Cc1cc(OC[C@]2(CC(N)=O)CCCN(C(=O)c3ccccc3Br)C2)ccc1Cl. The van der Waals surface area contributed by atoms with Gasteiger partial charge in [-0.3, -0.25) is 9.59 Å². The van der Waals surface area contributed by atoms with Crippen LogP contribution in [-0.2, 0) is 4.79 Å². The van der Waals surface area contributed by atoms with Gasteiger partial charge in [0, 0.05) is 34.4 Å². The first-order chi connectivity index (χ1) is 13.8. The summed E-state index contributed by atoms with van der Waals surface area (Å²) in [6.07, 6.45) is 1.72. The average molecular weight is 480 g/mol. The molecule has 2 N–H and O–H groups in total. The molecule has 3 rings (SSSR count). The second-order valence-corrected chi connectivity index (χ2v) is 8.91. The fourth-order valence-electron chi connectivity index (χ4n) is 3.81. The number of carbonyl (C=O) groups excluding carboxylic acids is 2. The van der Waals surface area contributed by atoms with E-state index in [0.717, 1.165) is 22.9 Å². The van der Waals surface area contributed by atoms with E-state index in [0.29, 0.717) is 36.0 Å². The molecule has 2 amide bonds. The highest BCUT2D eigenvalue weighted by molar-refractivity contribution is 9.10. The molecule has 1 heterocycles. The van der Waals surface area contributed by atoms with Gasteiger partial charge in [-0.05, 0) is 71.6 Å². The molecule has 2 aromatic rings. The second-order valence-electron chi connectivity index (χ2n) is 7.65. The number of primary amides is 1. The Morgan fingerprint density at radius 1 is 1.28 bits per heavy atom. The third kappa shape index (κ3) is 5.31. The summed E-state index contributed by atoms with van der Waals surface area (Å²) in [5, 5.41) is 0.673. The highest BCUT2D eigenvalue weighted by Crippen LogP contribution is 2.36. The van der Waals surface area contributed by atoms with Crippen LogP contribution in [0.1, 0.15) is 35.2 Å². The number of nitrogens with two attached hydrogens (primary N) is 1. The zero-order valence-electron chi connectivity index (χ0n) is 16.3. The van der Waals surface area contributed by atoms with Crippen LogP contribution in [0.4, 0.5) is 0 Å². The summed E-state index contributed by atoms with van der Waals surface area (Å²) in [5.74, 6) is 0.231. The number of carbonyl (C=O) groups is 2. The first-order valence-corrected chi connectivity index (χ1v) is 10.7. The van der Waals surface area contributed by atoms with Crippen LogP contribution in [0.5, 0.6) is 5.75 Å². The monoisotopic (exact) mass is 478 g/mol. The largest absolute Gasteiger partial charge is 0.493 e. The summed E-state index contributed by atoms with van der Waals surface area (Å²) < 4.78 is 6.78. The van der Waals surface area contributed by atoms with Crippen molar-refractivity contribution >= 4 is 39.3 Å². The van der Waals surface area contributed by atoms with E-state index in [1.54, 1.807) is 23.1 Å². The molecule has 0 aromatic heterocycles. The van der Waals surface area contributed by atoms with Gasteiger partial charge in [0.1, 0.15) is 5.75 Å². The number of aryl methyl sites for hydroxylation is 1. The van der Waals surface area contributed by atoms with Crippen molar-refractivity contribution in [2.45, 2.75) is 26.2 Å². The lowest BCUT2D eigenvalue weighted by atomic mass is 9.77. The highest BCUT2D eigenvalue weighted by Gasteiger charge is 2.40. The molecule has 154 valence electrons. The van der Waals surface area contributed by atoms with E-state index in [4.69, 9.17) is 22.1 Å². The molecule has 1 atom stereocenters. The summed E-state index contributed by atoms with van der Waals surface area (Å²) in [5.41, 5.74) is 6.56. The van der Waals surface area contributed by atoms with E-state index >= 15 is 0 Å². The maximum Gasteiger partial charge on any atom is 0.255 e. The number of benzene rings is 2. The number of amides is 2. The minimum absolute atomic E-state index is 0.0617.